The zero-order valence-electron chi connectivity index (χ0n) is 25.7. The minimum Gasteiger partial charge on any atom is -0.383 e. The standard InChI is InChI=1S/C34H35N7O3S/c1-20-5-12-27(13-6-20)45(43,44)41-31-15-24(19-39-21(2)7-8-22(39)3)9-10-25(31)16-32(41)33(42)28-18-36-40(34(28)35)26-11-14-29-30(17-26)38-23(4)37-29/h5-6,9-18,21-22H,7-8,19,35H2,1-4H3,(H,37,38). The quantitative estimate of drug-likeness (QED) is 0.217. The first-order chi connectivity index (χ1) is 21.5. The molecule has 0 aliphatic carbocycles. The number of aryl methyl sites for hydroxylation is 2. The van der Waals surface area contributed by atoms with Crippen molar-refractivity contribution in [3.8, 4) is 5.69 Å². The van der Waals surface area contributed by atoms with E-state index in [2.05, 4.69) is 33.8 Å². The Morgan fingerprint density at radius 1 is 0.978 bits per heavy atom. The number of likely N-dealkylation sites (tertiary alicyclic amines) is 1. The molecule has 1 aliphatic rings. The van der Waals surface area contributed by atoms with Crippen LogP contribution >= 0.6 is 0 Å². The van der Waals surface area contributed by atoms with Crippen molar-refractivity contribution < 1.29 is 13.2 Å². The smallest absolute Gasteiger partial charge is 0.268 e. The van der Waals surface area contributed by atoms with Gasteiger partial charge in [0.1, 0.15) is 17.3 Å². The van der Waals surface area contributed by atoms with Crippen LogP contribution in [0, 0.1) is 13.8 Å². The Bertz CT molecular complexity index is 2200. The summed E-state index contributed by atoms with van der Waals surface area (Å²) in [5.74, 6) is 0.354. The zero-order valence-corrected chi connectivity index (χ0v) is 26.5. The molecule has 1 fully saturated rings. The second-order valence-electron chi connectivity index (χ2n) is 12.2. The lowest BCUT2D eigenvalue weighted by molar-refractivity contribution is 0.103. The Balaban J connectivity index is 1.35. The molecule has 3 N–H and O–H groups in total. The number of anilines is 1. The number of carbonyl (C=O) groups excluding carboxylic acids is 1. The molecule has 7 rings (SSSR count). The highest BCUT2D eigenvalue weighted by atomic mass is 32.2. The maximum Gasteiger partial charge on any atom is 0.268 e. The fraction of sp³-hybridized carbons (Fsp3) is 0.265. The highest BCUT2D eigenvalue weighted by molar-refractivity contribution is 7.90. The van der Waals surface area contributed by atoms with Crippen LogP contribution in [0.3, 0.4) is 0 Å². The third-order valence-electron chi connectivity index (χ3n) is 9.00. The van der Waals surface area contributed by atoms with Gasteiger partial charge < -0.3 is 10.7 Å². The van der Waals surface area contributed by atoms with E-state index < -0.39 is 15.8 Å². The van der Waals surface area contributed by atoms with Crippen LogP contribution in [0.25, 0.3) is 27.6 Å². The van der Waals surface area contributed by atoms with Gasteiger partial charge in [-0.1, -0.05) is 29.8 Å². The average Bonchev–Trinajstić information content (AvgIpc) is 3.77. The van der Waals surface area contributed by atoms with Crippen LogP contribution in [0.1, 0.15) is 59.7 Å². The molecule has 4 heterocycles. The molecule has 6 aromatic rings. The lowest BCUT2D eigenvalue weighted by Crippen LogP contribution is -2.32. The molecule has 0 spiro atoms. The van der Waals surface area contributed by atoms with Crippen LogP contribution in [0.2, 0.25) is 0 Å². The number of aromatic amines is 1. The predicted octanol–water partition coefficient (Wildman–Crippen LogP) is 5.74. The first-order valence-electron chi connectivity index (χ1n) is 15.1. The summed E-state index contributed by atoms with van der Waals surface area (Å²) in [6, 6.07) is 20.5. The van der Waals surface area contributed by atoms with Crippen LogP contribution in [0.4, 0.5) is 5.82 Å². The van der Waals surface area contributed by atoms with E-state index in [-0.39, 0.29) is 22.0 Å². The third-order valence-corrected chi connectivity index (χ3v) is 10.7. The van der Waals surface area contributed by atoms with Gasteiger partial charge in [0, 0.05) is 24.0 Å². The van der Waals surface area contributed by atoms with E-state index in [1.165, 1.54) is 14.9 Å². The van der Waals surface area contributed by atoms with Crippen molar-refractivity contribution in [2.45, 2.75) is 64.1 Å². The number of nitrogens with zero attached hydrogens (tertiary/aromatic N) is 5. The number of hydrogen-bond acceptors (Lipinski definition) is 7. The Morgan fingerprint density at radius 3 is 2.44 bits per heavy atom. The number of nitrogens with two attached hydrogens (primary N) is 1. The Labute approximate surface area is 261 Å². The molecule has 3 aromatic heterocycles. The van der Waals surface area contributed by atoms with Gasteiger partial charge in [0.2, 0.25) is 5.78 Å². The molecule has 0 bridgehead atoms. The molecule has 1 saturated heterocycles. The van der Waals surface area contributed by atoms with E-state index in [9.17, 15) is 13.2 Å². The zero-order chi connectivity index (χ0) is 31.6. The summed E-state index contributed by atoms with van der Waals surface area (Å²) in [5.41, 5.74) is 11.3. The van der Waals surface area contributed by atoms with Gasteiger partial charge in [-0.3, -0.25) is 9.69 Å². The number of nitrogens with one attached hydrogen (secondary N) is 1. The average molecular weight is 622 g/mol. The normalized spacial score (nSPS) is 17.5. The van der Waals surface area contributed by atoms with E-state index in [4.69, 9.17) is 5.73 Å². The fourth-order valence-electron chi connectivity index (χ4n) is 6.46. The van der Waals surface area contributed by atoms with Crippen molar-refractivity contribution >= 4 is 43.6 Å². The highest BCUT2D eigenvalue weighted by Gasteiger charge is 2.31. The fourth-order valence-corrected chi connectivity index (χ4v) is 7.96. The van der Waals surface area contributed by atoms with Crippen molar-refractivity contribution in [3.63, 3.8) is 0 Å². The lowest BCUT2D eigenvalue weighted by Gasteiger charge is -2.26. The molecular weight excluding hydrogens is 586 g/mol. The van der Waals surface area contributed by atoms with E-state index in [1.807, 2.05) is 50.2 Å². The van der Waals surface area contributed by atoms with Crippen molar-refractivity contribution in [1.29, 1.82) is 0 Å². The molecule has 0 saturated carbocycles. The summed E-state index contributed by atoms with van der Waals surface area (Å²) in [6.45, 7) is 8.91. The summed E-state index contributed by atoms with van der Waals surface area (Å²) in [6.07, 6.45) is 3.65. The number of carbonyl (C=O) groups is 1. The molecule has 0 radical (unpaired) electrons. The van der Waals surface area contributed by atoms with Gasteiger partial charge in [0.15, 0.2) is 0 Å². The molecule has 45 heavy (non-hydrogen) atoms. The van der Waals surface area contributed by atoms with Gasteiger partial charge in [-0.2, -0.15) is 5.10 Å². The van der Waals surface area contributed by atoms with Crippen LogP contribution in [0.5, 0.6) is 0 Å². The maximum atomic E-state index is 14.3. The molecule has 230 valence electrons. The van der Waals surface area contributed by atoms with Crippen LogP contribution < -0.4 is 5.73 Å². The predicted molar refractivity (Wildman–Crippen MR) is 175 cm³/mol. The number of hydrogen-bond donors (Lipinski definition) is 2. The molecule has 2 atom stereocenters. The number of benzene rings is 3. The van der Waals surface area contributed by atoms with Crippen molar-refractivity contribution in [3.05, 3.63) is 101 Å². The first kappa shape index (κ1) is 29.0. The Hall–Kier alpha value is -4.74. The molecule has 11 heteroatoms. The van der Waals surface area contributed by atoms with Gasteiger partial charge in [-0.05, 0) is 88.6 Å². The minimum absolute atomic E-state index is 0.00321. The summed E-state index contributed by atoms with van der Waals surface area (Å²) < 4.78 is 31.3. The van der Waals surface area contributed by atoms with Crippen molar-refractivity contribution in [1.82, 2.24) is 28.6 Å². The summed E-state index contributed by atoms with van der Waals surface area (Å²) in [5, 5.41) is 5.06. The SMILES string of the molecule is Cc1ccc(S(=O)(=O)n2c(C(=O)c3cnn(-c4ccc5nc(C)[nH]c5c4)c3N)cc3ccc(CN4C(C)CCC4C)cc32)cc1. The Kier molecular flexibility index (Phi) is 6.90. The van der Waals surface area contributed by atoms with E-state index in [1.54, 1.807) is 30.3 Å². The summed E-state index contributed by atoms with van der Waals surface area (Å²) in [7, 11) is -4.17. The van der Waals surface area contributed by atoms with Crippen LogP contribution in [-0.2, 0) is 16.6 Å². The third kappa shape index (κ3) is 4.92. The van der Waals surface area contributed by atoms with Gasteiger partial charge in [0.05, 0.1) is 38.9 Å². The molecule has 1 aliphatic heterocycles. The number of fused-ring (bicyclic) bond motifs is 2. The summed E-state index contributed by atoms with van der Waals surface area (Å²) in [4.78, 5) is 24.4. The van der Waals surface area contributed by atoms with Crippen molar-refractivity contribution in [2.75, 3.05) is 5.73 Å². The van der Waals surface area contributed by atoms with Gasteiger partial charge in [-0.15, -0.1) is 0 Å². The van der Waals surface area contributed by atoms with Crippen LogP contribution in [-0.4, -0.2) is 54.9 Å². The molecule has 3 aromatic carbocycles. The molecular formula is C34H35N7O3S. The summed E-state index contributed by atoms with van der Waals surface area (Å²) >= 11 is 0. The number of ketones is 1. The van der Waals surface area contributed by atoms with E-state index >= 15 is 0 Å². The number of rotatable bonds is 7. The molecule has 2 unspecified atom stereocenters. The van der Waals surface area contributed by atoms with Crippen molar-refractivity contribution in [2.24, 2.45) is 0 Å². The van der Waals surface area contributed by atoms with E-state index in [0.717, 1.165) is 40.8 Å². The van der Waals surface area contributed by atoms with Gasteiger partial charge >= 0.3 is 0 Å². The largest absolute Gasteiger partial charge is 0.383 e. The first-order valence-corrected chi connectivity index (χ1v) is 16.5. The molecule has 10 nitrogen and oxygen atoms in total. The topological polar surface area (TPSA) is 132 Å². The van der Waals surface area contributed by atoms with Crippen LogP contribution in [0.15, 0.2) is 77.8 Å². The second-order valence-corrected chi connectivity index (χ2v) is 13.9. The number of H-pyrrole nitrogens is 1. The second kappa shape index (κ2) is 10.7. The highest BCUT2D eigenvalue weighted by Crippen LogP contribution is 2.32. The lowest BCUT2D eigenvalue weighted by atomic mass is 10.1. The monoisotopic (exact) mass is 621 g/mol. The molecule has 0 amide bonds. The number of aromatic nitrogens is 5. The maximum absolute atomic E-state index is 14.3. The number of nitrogen functional groups attached to an aromatic ring is 1. The Morgan fingerprint density at radius 2 is 1.71 bits per heavy atom. The minimum atomic E-state index is -4.17. The number of imidazole rings is 1. The van der Waals surface area contributed by atoms with Gasteiger partial charge in [0.25, 0.3) is 10.0 Å². The van der Waals surface area contributed by atoms with Gasteiger partial charge in [-0.25, -0.2) is 22.1 Å². The van der Waals surface area contributed by atoms with E-state index in [0.29, 0.717) is 35.2 Å².